The molecule has 0 aromatic carbocycles. The molecule has 4 nitrogen and oxygen atoms in total. The highest BCUT2D eigenvalue weighted by Gasteiger charge is 2.45. The molecule has 1 saturated heterocycles. The molecule has 0 aromatic rings. The van der Waals surface area contributed by atoms with E-state index >= 15 is 0 Å². The summed E-state index contributed by atoms with van der Waals surface area (Å²) >= 11 is 0. The Kier molecular flexibility index (Phi) is 2.35. The van der Waals surface area contributed by atoms with E-state index in [9.17, 15) is 0 Å². The van der Waals surface area contributed by atoms with Crippen LogP contribution >= 0.6 is 0 Å². The van der Waals surface area contributed by atoms with E-state index < -0.39 is 0 Å². The van der Waals surface area contributed by atoms with Crippen LogP contribution in [0.2, 0.25) is 0 Å². The second-order valence-corrected chi connectivity index (χ2v) is 5.76. The van der Waals surface area contributed by atoms with Gasteiger partial charge in [-0.05, 0) is 38.6 Å². The highest BCUT2D eigenvalue weighted by molar-refractivity contribution is 5.81. The van der Waals surface area contributed by atoms with Crippen molar-refractivity contribution in [1.29, 1.82) is 0 Å². The molecule has 2 fully saturated rings. The number of hydrogen-bond donors (Lipinski definition) is 1. The van der Waals surface area contributed by atoms with Gasteiger partial charge >= 0.3 is 0 Å². The van der Waals surface area contributed by atoms with E-state index in [2.05, 4.69) is 21.8 Å². The van der Waals surface area contributed by atoms with Crippen LogP contribution in [-0.2, 0) is 0 Å². The first-order chi connectivity index (χ1) is 7.70. The number of guanidine groups is 1. The summed E-state index contributed by atoms with van der Waals surface area (Å²) in [5.41, 5.74) is 6.33. The van der Waals surface area contributed by atoms with Gasteiger partial charge in [-0.1, -0.05) is 0 Å². The van der Waals surface area contributed by atoms with Crippen LogP contribution in [0, 0.1) is 5.92 Å². The van der Waals surface area contributed by atoms with Crippen molar-refractivity contribution in [3.63, 3.8) is 0 Å². The molecule has 0 amide bonds. The first-order valence-electron chi connectivity index (χ1n) is 6.46. The zero-order valence-corrected chi connectivity index (χ0v) is 10.2. The van der Waals surface area contributed by atoms with Gasteiger partial charge < -0.3 is 15.5 Å². The van der Waals surface area contributed by atoms with Crippen molar-refractivity contribution in [3.8, 4) is 0 Å². The second kappa shape index (κ2) is 3.62. The van der Waals surface area contributed by atoms with Crippen molar-refractivity contribution >= 4 is 5.96 Å². The van der Waals surface area contributed by atoms with Crippen LogP contribution in [0.3, 0.4) is 0 Å². The maximum atomic E-state index is 6.06. The van der Waals surface area contributed by atoms with Gasteiger partial charge in [0, 0.05) is 19.6 Å². The van der Waals surface area contributed by atoms with E-state index in [1.54, 1.807) is 0 Å². The molecule has 3 rings (SSSR count). The Morgan fingerprint density at radius 2 is 2.06 bits per heavy atom. The lowest BCUT2D eigenvalue weighted by Gasteiger charge is -2.44. The molecule has 4 heteroatoms. The van der Waals surface area contributed by atoms with Crippen LogP contribution in [0.15, 0.2) is 4.99 Å². The molecule has 2 heterocycles. The van der Waals surface area contributed by atoms with E-state index in [4.69, 9.17) is 5.73 Å². The van der Waals surface area contributed by atoms with Crippen molar-refractivity contribution in [2.24, 2.45) is 16.6 Å². The van der Waals surface area contributed by atoms with Gasteiger partial charge in [-0.2, -0.15) is 0 Å². The quantitative estimate of drug-likeness (QED) is 0.739. The summed E-state index contributed by atoms with van der Waals surface area (Å²) in [6, 6.07) is 0. The zero-order valence-electron chi connectivity index (χ0n) is 10.2. The van der Waals surface area contributed by atoms with Gasteiger partial charge in [0.25, 0.3) is 0 Å². The van der Waals surface area contributed by atoms with E-state index in [0.29, 0.717) is 0 Å². The van der Waals surface area contributed by atoms with Gasteiger partial charge in [0.05, 0.1) is 12.1 Å². The molecular formula is C12H22N4. The number of aliphatic imine (C=N–C) groups is 1. The third-order valence-electron chi connectivity index (χ3n) is 4.44. The number of nitrogens with zero attached hydrogens (tertiary/aromatic N) is 3. The predicted molar refractivity (Wildman–Crippen MR) is 65.4 cm³/mol. The molecule has 2 aliphatic heterocycles. The Morgan fingerprint density at radius 3 is 2.69 bits per heavy atom. The molecule has 3 aliphatic rings. The summed E-state index contributed by atoms with van der Waals surface area (Å²) in [4.78, 5) is 9.34. The number of likely N-dealkylation sites (tertiary alicyclic amines) is 1. The van der Waals surface area contributed by atoms with Crippen LogP contribution in [0.4, 0.5) is 0 Å². The molecule has 0 atom stereocenters. The number of piperidine rings is 1. The highest BCUT2D eigenvalue weighted by atomic mass is 15.4. The Balaban J connectivity index is 1.73. The molecule has 0 radical (unpaired) electrons. The fourth-order valence-corrected chi connectivity index (χ4v) is 2.95. The van der Waals surface area contributed by atoms with Crippen molar-refractivity contribution in [2.75, 3.05) is 33.2 Å². The molecule has 0 unspecified atom stereocenters. The minimum Gasteiger partial charge on any atom is -0.370 e. The summed E-state index contributed by atoms with van der Waals surface area (Å²) in [5.74, 6) is 1.69. The van der Waals surface area contributed by atoms with E-state index in [-0.39, 0.29) is 5.54 Å². The van der Waals surface area contributed by atoms with E-state index in [1.165, 1.54) is 38.8 Å². The minimum absolute atomic E-state index is 0.277. The Labute approximate surface area is 97.5 Å². The molecule has 2 N–H and O–H groups in total. The van der Waals surface area contributed by atoms with Crippen molar-refractivity contribution < 1.29 is 0 Å². The molecular weight excluding hydrogens is 200 g/mol. The summed E-state index contributed by atoms with van der Waals surface area (Å²) < 4.78 is 0. The lowest BCUT2D eigenvalue weighted by Crippen LogP contribution is -2.57. The molecule has 90 valence electrons. The minimum atomic E-state index is 0.277. The van der Waals surface area contributed by atoms with Gasteiger partial charge in [0.1, 0.15) is 0 Å². The summed E-state index contributed by atoms with van der Waals surface area (Å²) in [5, 5.41) is 0. The first kappa shape index (κ1) is 10.4. The van der Waals surface area contributed by atoms with E-state index in [0.717, 1.165) is 25.0 Å². The number of rotatable bonds is 2. The van der Waals surface area contributed by atoms with Crippen molar-refractivity contribution in [3.05, 3.63) is 0 Å². The van der Waals surface area contributed by atoms with Crippen LogP contribution in [-0.4, -0.2) is 54.5 Å². The monoisotopic (exact) mass is 222 g/mol. The van der Waals surface area contributed by atoms with Gasteiger partial charge in [0.2, 0.25) is 0 Å². The SMILES string of the molecule is CN1CCC2(CC1)CN=C(N)N2CC1CC1. The first-order valence-corrected chi connectivity index (χ1v) is 6.46. The van der Waals surface area contributed by atoms with E-state index in [1.807, 2.05) is 0 Å². The van der Waals surface area contributed by atoms with Crippen LogP contribution < -0.4 is 5.73 Å². The normalized spacial score (nSPS) is 29.8. The lowest BCUT2D eigenvalue weighted by atomic mass is 9.86. The van der Waals surface area contributed by atoms with Gasteiger partial charge in [-0.3, -0.25) is 4.99 Å². The zero-order chi connectivity index (χ0) is 11.2. The molecule has 0 bridgehead atoms. The van der Waals surface area contributed by atoms with Crippen molar-refractivity contribution in [2.45, 2.75) is 31.2 Å². The molecule has 1 spiro atoms. The Bertz CT molecular complexity index is 300. The smallest absolute Gasteiger partial charge is 0.191 e. The maximum Gasteiger partial charge on any atom is 0.191 e. The van der Waals surface area contributed by atoms with Gasteiger partial charge in [-0.15, -0.1) is 0 Å². The maximum absolute atomic E-state index is 6.06. The fraction of sp³-hybridized carbons (Fsp3) is 0.917. The number of hydrogen-bond acceptors (Lipinski definition) is 4. The molecule has 1 aliphatic carbocycles. The topological polar surface area (TPSA) is 44.9 Å². The predicted octanol–water partition coefficient (Wildman–Crippen LogP) is 0.491. The number of nitrogens with two attached hydrogens (primary N) is 1. The summed E-state index contributed by atoms with van der Waals surface area (Å²) in [6.07, 6.45) is 5.22. The van der Waals surface area contributed by atoms with Crippen molar-refractivity contribution in [1.82, 2.24) is 9.80 Å². The lowest BCUT2D eigenvalue weighted by molar-refractivity contribution is 0.0960. The average Bonchev–Trinajstić information content (AvgIpc) is 3.04. The van der Waals surface area contributed by atoms with Crippen LogP contribution in [0.25, 0.3) is 0 Å². The molecule has 1 saturated carbocycles. The van der Waals surface area contributed by atoms with Crippen LogP contribution in [0.1, 0.15) is 25.7 Å². The molecule has 16 heavy (non-hydrogen) atoms. The highest BCUT2D eigenvalue weighted by Crippen LogP contribution is 2.37. The fourth-order valence-electron chi connectivity index (χ4n) is 2.95. The van der Waals surface area contributed by atoms with Gasteiger partial charge in [-0.25, -0.2) is 0 Å². The Hall–Kier alpha value is -0.770. The Morgan fingerprint density at radius 1 is 1.38 bits per heavy atom. The third-order valence-corrected chi connectivity index (χ3v) is 4.44. The average molecular weight is 222 g/mol. The largest absolute Gasteiger partial charge is 0.370 e. The molecule has 0 aromatic heterocycles. The van der Waals surface area contributed by atoms with Gasteiger partial charge in [0.15, 0.2) is 5.96 Å². The third kappa shape index (κ3) is 1.69. The standard InChI is InChI=1S/C12H22N4/c1-15-6-4-12(5-7-15)9-14-11(13)16(12)8-10-2-3-10/h10H,2-9H2,1H3,(H2,13,14). The summed E-state index contributed by atoms with van der Waals surface area (Å²) in [6.45, 7) is 4.45. The second-order valence-electron chi connectivity index (χ2n) is 5.76. The van der Waals surface area contributed by atoms with Crippen LogP contribution in [0.5, 0.6) is 0 Å². The summed E-state index contributed by atoms with van der Waals surface area (Å²) in [7, 11) is 2.21.